The van der Waals surface area contributed by atoms with Crippen molar-refractivity contribution in [2.75, 3.05) is 0 Å². The first-order valence-electron chi connectivity index (χ1n) is 6.31. The average Bonchev–Trinajstić information content (AvgIpc) is 2.78. The molecule has 0 aliphatic heterocycles. The second-order valence-electron chi connectivity index (χ2n) is 4.54. The summed E-state index contributed by atoms with van der Waals surface area (Å²) < 4.78 is 2.13. The molecule has 0 amide bonds. The lowest BCUT2D eigenvalue weighted by Crippen LogP contribution is -1.96. The minimum absolute atomic E-state index is 0.0830. The third-order valence-corrected chi connectivity index (χ3v) is 3.38. The monoisotopic (exact) mass is 253 g/mol. The molecule has 0 spiro atoms. The van der Waals surface area contributed by atoms with Crippen molar-refractivity contribution in [2.45, 2.75) is 13.5 Å². The van der Waals surface area contributed by atoms with Gasteiger partial charge >= 0.3 is 0 Å². The Morgan fingerprint density at radius 2 is 1.63 bits per heavy atom. The highest BCUT2D eigenvalue weighted by atomic mass is 16.3. The van der Waals surface area contributed by atoms with Crippen LogP contribution in [0.1, 0.15) is 6.92 Å². The van der Waals surface area contributed by atoms with Crippen molar-refractivity contribution in [3.63, 3.8) is 0 Å². The fourth-order valence-corrected chi connectivity index (χ4v) is 2.48. The van der Waals surface area contributed by atoms with Crippen LogP contribution in [-0.2, 0) is 6.54 Å². The Hall–Kier alpha value is -2.42. The molecule has 0 atom stereocenters. The first kappa shape index (κ1) is 11.7. The van der Waals surface area contributed by atoms with E-state index in [1.54, 1.807) is 12.1 Å². The van der Waals surface area contributed by atoms with Gasteiger partial charge in [0.25, 0.3) is 0 Å². The van der Waals surface area contributed by atoms with E-state index in [0.717, 1.165) is 28.7 Å². The van der Waals surface area contributed by atoms with Gasteiger partial charge in [-0.15, -0.1) is 0 Å². The summed E-state index contributed by atoms with van der Waals surface area (Å²) in [6, 6.07) is 15.3. The van der Waals surface area contributed by atoms with E-state index in [0.29, 0.717) is 0 Å². The minimum atomic E-state index is -0.0834. The molecule has 1 heterocycles. The molecule has 0 aliphatic carbocycles. The molecule has 3 rings (SSSR count). The molecule has 96 valence electrons. The van der Waals surface area contributed by atoms with Crippen molar-refractivity contribution in [3.8, 4) is 22.8 Å². The Labute approximate surface area is 111 Å². The maximum atomic E-state index is 9.65. The van der Waals surface area contributed by atoms with Gasteiger partial charge in [0.1, 0.15) is 0 Å². The van der Waals surface area contributed by atoms with Gasteiger partial charge in [-0.1, -0.05) is 30.3 Å². The third-order valence-electron chi connectivity index (χ3n) is 3.38. The van der Waals surface area contributed by atoms with Crippen molar-refractivity contribution in [2.24, 2.45) is 0 Å². The molecule has 0 unspecified atom stereocenters. The number of phenols is 2. The quantitative estimate of drug-likeness (QED) is 0.683. The van der Waals surface area contributed by atoms with E-state index in [9.17, 15) is 10.2 Å². The largest absolute Gasteiger partial charge is 0.504 e. The van der Waals surface area contributed by atoms with E-state index < -0.39 is 0 Å². The molecule has 3 aromatic rings. The molecule has 3 nitrogen and oxygen atoms in total. The zero-order chi connectivity index (χ0) is 13.4. The number of aromatic hydroxyl groups is 2. The number of aromatic nitrogens is 1. The summed E-state index contributed by atoms with van der Waals surface area (Å²) in [5, 5.41) is 20.2. The van der Waals surface area contributed by atoms with E-state index >= 15 is 0 Å². The summed E-state index contributed by atoms with van der Waals surface area (Å²) in [6.45, 7) is 2.87. The van der Waals surface area contributed by atoms with Crippen LogP contribution in [-0.4, -0.2) is 14.8 Å². The van der Waals surface area contributed by atoms with E-state index in [1.165, 1.54) is 0 Å². The van der Waals surface area contributed by atoms with Crippen molar-refractivity contribution in [1.82, 2.24) is 4.57 Å². The lowest BCUT2D eigenvalue weighted by atomic mass is 10.1. The first-order valence-corrected chi connectivity index (χ1v) is 6.31. The molecule has 0 fully saturated rings. The molecule has 2 aromatic carbocycles. The van der Waals surface area contributed by atoms with Crippen molar-refractivity contribution >= 4 is 10.9 Å². The molecule has 3 heteroatoms. The van der Waals surface area contributed by atoms with E-state index in [-0.39, 0.29) is 11.5 Å². The molecule has 0 bridgehead atoms. The summed E-state index contributed by atoms with van der Waals surface area (Å²) in [6.07, 6.45) is 0. The number of hydrogen-bond donors (Lipinski definition) is 2. The van der Waals surface area contributed by atoms with Crippen LogP contribution in [0, 0.1) is 0 Å². The SMILES string of the molecule is CCn1c(-c2ccccc2)cc2cc(O)c(O)cc21. The number of rotatable bonds is 2. The van der Waals surface area contributed by atoms with Crippen LogP contribution < -0.4 is 0 Å². The highest BCUT2D eigenvalue weighted by Crippen LogP contribution is 2.35. The van der Waals surface area contributed by atoms with Gasteiger partial charge in [0.05, 0.1) is 5.52 Å². The van der Waals surface area contributed by atoms with Gasteiger partial charge in [-0.25, -0.2) is 0 Å². The Morgan fingerprint density at radius 1 is 0.947 bits per heavy atom. The van der Waals surface area contributed by atoms with Crippen molar-refractivity contribution in [1.29, 1.82) is 0 Å². The highest BCUT2D eigenvalue weighted by molar-refractivity contribution is 5.89. The van der Waals surface area contributed by atoms with Gasteiger partial charge in [-0.05, 0) is 24.6 Å². The zero-order valence-electron chi connectivity index (χ0n) is 10.7. The number of phenolic OH excluding ortho intramolecular Hbond substituents is 2. The lowest BCUT2D eigenvalue weighted by molar-refractivity contribution is 0.404. The molecule has 2 N–H and O–H groups in total. The minimum Gasteiger partial charge on any atom is -0.504 e. The second-order valence-corrected chi connectivity index (χ2v) is 4.54. The summed E-state index contributed by atoms with van der Waals surface area (Å²) >= 11 is 0. The zero-order valence-corrected chi connectivity index (χ0v) is 10.7. The smallest absolute Gasteiger partial charge is 0.159 e. The lowest BCUT2D eigenvalue weighted by Gasteiger charge is -2.08. The van der Waals surface area contributed by atoms with E-state index in [4.69, 9.17) is 0 Å². The molecular weight excluding hydrogens is 238 g/mol. The maximum absolute atomic E-state index is 9.65. The number of fused-ring (bicyclic) bond motifs is 1. The summed E-state index contributed by atoms with van der Waals surface area (Å²) in [5.74, 6) is -0.166. The standard InChI is InChI=1S/C16H15NO2/c1-2-17-13(11-6-4-3-5-7-11)8-12-9-15(18)16(19)10-14(12)17/h3-10,18-19H,2H2,1H3. The van der Waals surface area contributed by atoms with Crippen LogP contribution in [0.25, 0.3) is 22.2 Å². The number of hydrogen-bond acceptors (Lipinski definition) is 2. The highest BCUT2D eigenvalue weighted by Gasteiger charge is 2.12. The second kappa shape index (κ2) is 4.35. The Morgan fingerprint density at radius 3 is 2.32 bits per heavy atom. The molecule has 0 aliphatic rings. The van der Waals surface area contributed by atoms with Crippen molar-refractivity contribution < 1.29 is 10.2 Å². The molecule has 19 heavy (non-hydrogen) atoms. The van der Waals surface area contributed by atoms with Gasteiger partial charge in [-0.2, -0.15) is 0 Å². The Balaban J connectivity index is 2.31. The average molecular weight is 253 g/mol. The molecule has 0 saturated carbocycles. The number of aryl methyl sites for hydroxylation is 1. The van der Waals surface area contributed by atoms with Gasteiger partial charge in [-0.3, -0.25) is 0 Å². The molecule has 1 aromatic heterocycles. The summed E-state index contributed by atoms with van der Waals surface area (Å²) in [7, 11) is 0. The van der Waals surface area contributed by atoms with Crippen LogP contribution in [0.15, 0.2) is 48.5 Å². The van der Waals surface area contributed by atoms with Crippen molar-refractivity contribution in [3.05, 3.63) is 48.5 Å². The molecule has 0 saturated heterocycles. The number of benzene rings is 2. The van der Waals surface area contributed by atoms with Gasteiger partial charge in [0.2, 0.25) is 0 Å². The van der Waals surface area contributed by atoms with Crippen LogP contribution in [0.5, 0.6) is 11.5 Å². The fourth-order valence-electron chi connectivity index (χ4n) is 2.48. The predicted molar refractivity (Wildman–Crippen MR) is 76.4 cm³/mol. The van der Waals surface area contributed by atoms with Crippen LogP contribution >= 0.6 is 0 Å². The van der Waals surface area contributed by atoms with Gasteiger partial charge in [0.15, 0.2) is 11.5 Å². The first-order chi connectivity index (χ1) is 9.20. The van der Waals surface area contributed by atoms with Gasteiger partial charge in [0, 0.05) is 23.7 Å². The normalized spacial score (nSPS) is 11.0. The summed E-state index contributed by atoms with van der Waals surface area (Å²) in [4.78, 5) is 0. The van der Waals surface area contributed by atoms with Crippen LogP contribution in [0.2, 0.25) is 0 Å². The van der Waals surface area contributed by atoms with Crippen LogP contribution in [0.4, 0.5) is 0 Å². The van der Waals surface area contributed by atoms with Crippen LogP contribution in [0.3, 0.4) is 0 Å². The number of nitrogens with zero attached hydrogens (tertiary/aromatic N) is 1. The maximum Gasteiger partial charge on any atom is 0.159 e. The topological polar surface area (TPSA) is 45.4 Å². The van der Waals surface area contributed by atoms with E-state index in [2.05, 4.69) is 23.6 Å². The Bertz CT molecular complexity index is 729. The molecule has 0 radical (unpaired) electrons. The third kappa shape index (κ3) is 1.83. The van der Waals surface area contributed by atoms with E-state index in [1.807, 2.05) is 24.3 Å². The Kier molecular flexibility index (Phi) is 2.67. The summed E-state index contributed by atoms with van der Waals surface area (Å²) in [5.41, 5.74) is 3.14. The predicted octanol–water partition coefficient (Wildman–Crippen LogP) is 3.74. The van der Waals surface area contributed by atoms with Gasteiger partial charge < -0.3 is 14.8 Å². The molecular formula is C16H15NO2. The fraction of sp³-hybridized carbons (Fsp3) is 0.125.